The van der Waals surface area contributed by atoms with E-state index in [1.807, 2.05) is 0 Å². The lowest BCUT2D eigenvalue weighted by Gasteiger charge is -2.11. The molecule has 0 saturated carbocycles. The van der Waals surface area contributed by atoms with E-state index in [1.165, 1.54) is 13.0 Å². The summed E-state index contributed by atoms with van der Waals surface area (Å²) in [6, 6.07) is 4.19. The minimum absolute atomic E-state index is 0.310. The summed E-state index contributed by atoms with van der Waals surface area (Å²) < 4.78 is 36.7. The highest BCUT2D eigenvalue weighted by molar-refractivity contribution is 5.34. The van der Waals surface area contributed by atoms with Gasteiger partial charge in [-0.3, -0.25) is 0 Å². The molecule has 1 rings (SSSR count). The molecule has 1 aromatic carbocycles. The van der Waals surface area contributed by atoms with E-state index >= 15 is 0 Å². The highest BCUT2D eigenvalue weighted by Gasteiger charge is 2.32. The van der Waals surface area contributed by atoms with Gasteiger partial charge >= 0.3 is 6.18 Å². The van der Waals surface area contributed by atoms with Gasteiger partial charge < -0.3 is 0 Å². The molecule has 0 fully saturated rings. The van der Waals surface area contributed by atoms with Gasteiger partial charge in [0.1, 0.15) is 0 Å². The summed E-state index contributed by atoms with van der Waals surface area (Å²) in [5.74, 6) is 0. The zero-order valence-electron chi connectivity index (χ0n) is 6.87. The van der Waals surface area contributed by atoms with Gasteiger partial charge in [0.2, 0.25) is 0 Å². The molecule has 0 aliphatic heterocycles. The summed E-state index contributed by atoms with van der Waals surface area (Å²) in [7, 11) is 0. The largest absolute Gasteiger partial charge is 0.416 e. The molecule has 66 valence electrons. The number of benzene rings is 1. The van der Waals surface area contributed by atoms with Gasteiger partial charge in [-0.25, -0.2) is 0 Å². The molecule has 0 atom stereocenters. The highest BCUT2D eigenvalue weighted by atomic mass is 19.4. The van der Waals surface area contributed by atoms with Crippen molar-refractivity contribution >= 4 is 0 Å². The SMILES string of the molecule is Cc1cccc(C(F)(F)F)c1C. The van der Waals surface area contributed by atoms with Crippen LogP contribution in [0, 0.1) is 13.8 Å². The average molecular weight is 174 g/mol. The Kier molecular flexibility index (Phi) is 2.13. The first kappa shape index (κ1) is 9.10. The molecule has 1 aromatic rings. The van der Waals surface area contributed by atoms with Crippen molar-refractivity contribution in [2.45, 2.75) is 20.0 Å². The summed E-state index contributed by atoms with van der Waals surface area (Å²) in [5, 5.41) is 0. The molecule has 0 saturated heterocycles. The highest BCUT2D eigenvalue weighted by Crippen LogP contribution is 2.32. The Hall–Kier alpha value is -0.990. The number of aryl methyl sites for hydroxylation is 1. The second-order valence-corrected chi connectivity index (χ2v) is 2.75. The Morgan fingerprint density at radius 1 is 1.08 bits per heavy atom. The first-order valence-electron chi connectivity index (χ1n) is 3.56. The van der Waals surface area contributed by atoms with Crippen molar-refractivity contribution in [3.05, 3.63) is 34.9 Å². The number of hydrogen-bond donors (Lipinski definition) is 0. The van der Waals surface area contributed by atoms with Gasteiger partial charge in [-0.2, -0.15) is 13.2 Å². The Morgan fingerprint density at radius 2 is 1.67 bits per heavy atom. The number of rotatable bonds is 0. The van der Waals surface area contributed by atoms with Crippen LogP contribution in [0.5, 0.6) is 0 Å². The van der Waals surface area contributed by atoms with Crippen molar-refractivity contribution < 1.29 is 13.2 Å². The smallest absolute Gasteiger partial charge is 0.166 e. The molecule has 0 bridgehead atoms. The Bertz CT molecular complexity index is 286. The normalized spacial score (nSPS) is 11.8. The van der Waals surface area contributed by atoms with Gasteiger partial charge in [0, 0.05) is 0 Å². The quantitative estimate of drug-likeness (QED) is 0.566. The Balaban J connectivity index is 3.26. The predicted molar refractivity (Wildman–Crippen MR) is 40.9 cm³/mol. The van der Waals surface area contributed by atoms with Crippen molar-refractivity contribution in [3.8, 4) is 0 Å². The number of halogens is 3. The molecule has 0 spiro atoms. The van der Waals surface area contributed by atoms with Crippen LogP contribution in [0.1, 0.15) is 16.7 Å². The lowest BCUT2D eigenvalue weighted by molar-refractivity contribution is -0.138. The van der Waals surface area contributed by atoms with Crippen molar-refractivity contribution in [2.24, 2.45) is 0 Å². The first-order chi connectivity index (χ1) is 5.43. The van der Waals surface area contributed by atoms with Crippen LogP contribution >= 0.6 is 0 Å². The van der Waals surface area contributed by atoms with Crippen LogP contribution in [-0.2, 0) is 6.18 Å². The van der Waals surface area contributed by atoms with E-state index in [1.54, 1.807) is 13.0 Å². The zero-order valence-corrected chi connectivity index (χ0v) is 6.87. The van der Waals surface area contributed by atoms with E-state index in [-0.39, 0.29) is 0 Å². The molecule has 0 amide bonds. The lowest BCUT2D eigenvalue weighted by Crippen LogP contribution is -2.07. The van der Waals surface area contributed by atoms with Crippen molar-refractivity contribution in [1.29, 1.82) is 0 Å². The summed E-state index contributed by atoms with van der Waals surface area (Å²) in [6.45, 7) is 3.16. The molecule has 0 aliphatic carbocycles. The number of hydrogen-bond acceptors (Lipinski definition) is 0. The standard InChI is InChI=1S/C9H9F3/c1-6-4-3-5-8(7(6)2)9(10,11)12/h3-5H,1-2H3. The monoisotopic (exact) mass is 174 g/mol. The molecular formula is C9H9F3. The van der Waals surface area contributed by atoms with Gasteiger partial charge in [0.15, 0.2) is 0 Å². The molecule has 0 heterocycles. The molecule has 12 heavy (non-hydrogen) atoms. The second kappa shape index (κ2) is 2.81. The van der Waals surface area contributed by atoms with Crippen LogP contribution in [0.3, 0.4) is 0 Å². The van der Waals surface area contributed by atoms with Gasteiger partial charge in [-0.1, -0.05) is 12.1 Å². The Morgan fingerprint density at radius 3 is 2.08 bits per heavy atom. The van der Waals surface area contributed by atoms with Crippen molar-refractivity contribution in [3.63, 3.8) is 0 Å². The van der Waals surface area contributed by atoms with E-state index in [0.29, 0.717) is 11.1 Å². The first-order valence-corrected chi connectivity index (χ1v) is 3.56. The van der Waals surface area contributed by atoms with Crippen LogP contribution < -0.4 is 0 Å². The van der Waals surface area contributed by atoms with Crippen molar-refractivity contribution in [2.75, 3.05) is 0 Å². The third-order valence-electron chi connectivity index (χ3n) is 1.91. The fourth-order valence-electron chi connectivity index (χ4n) is 1.06. The average Bonchev–Trinajstić information content (AvgIpc) is 1.92. The van der Waals surface area contributed by atoms with E-state index in [4.69, 9.17) is 0 Å². The van der Waals surface area contributed by atoms with Crippen LogP contribution in [0.2, 0.25) is 0 Å². The summed E-state index contributed by atoms with van der Waals surface area (Å²) in [4.78, 5) is 0. The predicted octanol–water partition coefficient (Wildman–Crippen LogP) is 3.32. The van der Waals surface area contributed by atoms with E-state index in [9.17, 15) is 13.2 Å². The Labute approximate surface area is 69.0 Å². The molecule has 0 nitrogen and oxygen atoms in total. The van der Waals surface area contributed by atoms with Gasteiger partial charge in [0.05, 0.1) is 5.56 Å². The maximum absolute atomic E-state index is 12.2. The maximum atomic E-state index is 12.2. The van der Waals surface area contributed by atoms with Crippen LogP contribution in [0.15, 0.2) is 18.2 Å². The van der Waals surface area contributed by atoms with Gasteiger partial charge in [0.25, 0.3) is 0 Å². The van der Waals surface area contributed by atoms with Gasteiger partial charge in [-0.15, -0.1) is 0 Å². The zero-order chi connectivity index (χ0) is 9.35. The van der Waals surface area contributed by atoms with E-state index < -0.39 is 11.7 Å². The third-order valence-corrected chi connectivity index (χ3v) is 1.91. The molecule has 0 N–H and O–H groups in total. The maximum Gasteiger partial charge on any atom is 0.416 e. The lowest BCUT2D eigenvalue weighted by atomic mass is 10.0. The topological polar surface area (TPSA) is 0 Å². The van der Waals surface area contributed by atoms with Gasteiger partial charge in [-0.05, 0) is 31.0 Å². The fraction of sp³-hybridized carbons (Fsp3) is 0.333. The second-order valence-electron chi connectivity index (χ2n) is 2.75. The fourth-order valence-corrected chi connectivity index (χ4v) is 1.06. The summed E-state index contributed by atoms with van der Waals surface area (Å²) in [6.07, 6.45) is -4.23. The number of alkyl halides is 3. The minimum Gasteiger partial charge on any atom is -0.166 e. The molecule has 0 aromatic heterocycles. The molecular weight excluding hydrogens is 165 g/mol. The molecule has 0 aliphatic rings. The molecule has 0 radical (unpaired) electrons. The van der Waals surface area contributed by atoms with Crippen molar-refractivity contribution in [1.82, 2.24) is 0 Å². The summed E-state index contributed by atoms with van der Waals surface area (Å²) >= 11 is 0. The van der Waals surface area contributed by atoms with Crippen LogP contribution in [0.4, 0.5) is 13.2 Å². The van der Waals surface area contributed by atoms with Crippen LogP contribution in [0.25, 0.3) is 0 Å². The molecule has 0 unspecified atom stereocenters. The van der Waals surface area contributed by atoms with E-state index in [2.05, 4.69) is 0 Å². The third kappa shape index (κ3) is 1.60. The summed E-state index contributed by atoms with van der Waals surface area (Å²) in [5.41, 5.74) is 0.442. The van der Waals surface area contributed by atoms with Crippen LogP contribution in [-0.4, -0.2) is 0 Å². The van der Waals surface area contributed by atoms with E-state index in [0.717, 1.165) is 6.07 Å². The minimum atomic E-state index is -4.23. The molecule has 3 heteroatoms.